The highest BCUT2D eigenvalue weighted by Crippen LogP contribution is 2.15. The summed E-state index contributed by atoms with van der Waals surface area (Å²) in [5, 5.41) is 8.80. The first-order valence-electron chi connectivity index (χ1n) is 7.08. The van der Waals surface area contributed by atoms with Gasteiger partial charge in [-0.3, -0.25) is 0 Å². The SMILES string of the molecule is CC(C)=CCC[C@@H](C)CCOc1ccc(C(=O)O)cc1. The van der Waals surface area contributed by atoms with Gasteiger partial charge >= 0.3 is 5.97 Å². The van der Waals surface area contributed by atoms with Gasteiger partial charge in [0.25, 0.3) is 0 Å². The number of hydrogen-bond donors (Lipinski definition) is 1. The van der Waals surface area contributed by atoms with Gasteiger partial charge < -0.3 is 9.84 Å². The molecule has 0 bridgehead atoms. The van der Waals surface area contributed by atoms with E-state index in [-0.39, 0.29) is 5.56 Å². The predicted molar refractivity (Wildman–Crippen MR) is 81.3 cm³/mol. The van der Waals surface area contributed by atoms with Crippen LogP contribution in [0.5, 0.6) is 5.75 Å². The molecule has 0 saturated heterocycles. The van der Waals surface area contributed by atoms with Crippen molar-refractivity contribution < 1.29 is 14.6 Å². The Bertz CT molecular complexity index is 442. The van der Waals surface area contributed by atoms with Gasteiger partial charge in [-0.25, -0.2) is 4.79 Å². The number of allylic oxidation sites excluding steroid dienone is 2. The van der Waals surface area contributed by atoms with Crippen molar-refractivity contribution >= 4 is 5.97 Å². The Balaban J connectivity index is 2.26. The third kappa shape index (κ3) is 6.41. The second-order valence-electron chi connectivity index (χ2n) is 5.43. The monoisotopic (exact) mass is 276 g/mol. The Morgan fingerprint density at radius 2 is 1.90 bits per heavy atom. The number of aromatic carboxylic acids is 1. The molecule has 1 N–H and O–H groups in total. The largest absolute Gasteiger partial charge is 0.494 e. The fraction of sp³-hybridized carbons (Fsp3) is 0.471. The molecule has 1 aromatic carbocycles. The first-order chi connectivity index (χ1) is 9.49. The van der Waals surface area contributed by atoms with Gasteiger partial charge in [0.2, 0.25) is 0 Å². The summed E-state index contributed by atoms with van der Waals surface area (Å²) in [6, 6.07) is 6.54. The zero-order valence-electron chi connectivity index (χ0n) is 12.6. The molecule has 0 aliphatic heterocycles. The lowest BCUT2D eigenvalue weighted by Gasteiger charge is -2.11. The van der Waals surface area contributed by atoms with Crippen LogP contribution in [0.4, 0.5) is 0 Å². The molecule has 3 heteroatoms. The smallest absolute Gasteiger partial charge is 0.335 e. The highest BCUT2D eigenvalue weighted by molar-refractivity contribution is 5.87. The zero-order valence-corrected chi connectivity index (χ0v) is 12.6. The van der Waals surface area contributed by atoms with Crippen LogP contribution in [0, 0.1) is 5.92 Å². The van der Waals surface area contributed by atoms with Crippen molar-refractivity contribution in [3.63, 3.8) is 0 Å². The molecule has 0 amide bonds. The van der Waals surface area contributed by atoms with Gasteiger partial charge in [0.05, 0.1) is 12.2 Å². The fourth-order valence-electron chi connectivity index (χ4n) is 1.87. The minimum Gasteiger partial charge on any atom is -0.494 e. The molecule has 0 fully saturated rings. The van der Waals surface area contributed by atoms with Gasteiger partial charge in [-0.05, 0) is 63.3 Å². The van der Waals surface area contributed by atoms with Crippen LogP contribution in [0.3, 0.4) is 0 Å². The molecule has 3 nitrogen and oxygen atoms in total. The van der Waals surface area contributed by atoms with Gasteiger partial charge in [-0.1, -0.05) is 18.6 Å². The maximum Gasteiger partial charge on any atom is 0.335 e. The third-order valence-corrected chi connectivity index (χ3v) is 3.19. The number of carboxylic acids is 1. The third-order valence-electron chi connectivity index (χ3n) is 3.19. The van der Waals surface area contributed by atoms with Crippen LogP contribution in [0.15, 0.2) is 35.9 Å². The van der Waals surface area contributed by atoms with Gasteiger partial charge in [0, 0.05) is 0 Å². The average molecular weight is 276 g/mol. The molecule has 0 aromatic heterocycles. The molecular weight excluding hydrogens is 252 g/mol. The molecule has 1 atom stereocenters. The molecule has 20 heavy (non-hydrogen) atoms. The Kier molecular flexibility index (Phi) is 6.85. The normalized spacial score (nSPS) is 11.8. The van der Waals surface area contributed by atoms with Gasteiger partial charge in [0.1, 0.15) is 5.75 Å². The highest BCUT2D eigenvalue weighted by atomic mass is 16.5. The van der Waals surface area contributed by atoms with Crippen molar-refractivity contribution in [2.75, 3.05) is 6.61 Å². The molecule has 1 aromatic rings. The van der Waals surface area contributed by atoms with Crippen molar-refractivity contribution in [2.24, 2.45) is 5.92 Å². The van der Waals surface area contributed by atoms with E-state index in [4.69, 9.17) is 9.84 Å². The molecule has 0 saturated carbocycles. The quantitative estimate of drug-likeness (QED) is 0.709. The van der Waals surface area contributed by atoms with Crippen LogP contribution < -0.4 is 4.74 Å². The summed E-state index contributed by atoms with van der Waals surface area (Å²) in [5.41, 5.74) is 1.65. The summed E-state index contributed by atoms with van der Waals surface area (Å²) in [5.74, 6) is 0.444. The van der Waals surface area contributed by atoms with E-state index >= 15 is 0 Å². The Morgan fingerprint density at radius 3 is 2.45 bits per heavy atom. The van der Waals surface area contributed by atoms with E-state index in [1.165, 1.54) is 12.0 Å². The van der Waals surface area contributed by atoms with Gasteiger partial charge in [0.15, 0.2) is 0 Å². The van der Waals surface area contributed by atoms with Gasteiger partial charge in [-0.15, -0.1) is 0 Å². The zero-order chi connectivity index (χ0) is 15.0. The van der Waals surface area contributed by atoms with Crippen molar-refractivity contribution in [3.05, 3.63) is 41.5 Å². The lowest BCUT2D eigenvalue weighted by atomic mass is 10.0. The predicted octanol–water partition coefficient (Wildman–Crippen LogP) is 4.54. The Hall–Kier alpha value is -1.77. The van der Waals surface area contributed by atoms with Gasteiger partial charge in [-0.2, -0.15) is 0 Å². The maximum absolute atomic E-state index is 10.7. The average Bonchev–Trinajstić information content (AvgIpc) is 2.39. The minimum atomic E-state index is -0.913. The number of rotatable bonds is 8. The highest BCUT2D eigenvalue weighted by Gasteiger charge is 2.04. The number of carboxylic acid groups (broad SMARTS) is 1. The van der Waals surface area contributed by atoms with E-state index in [1.807, 2.05) is 0 Å². The summed E-state index contributed by atoms with van der Waals surface area (Å²) in [6.45, 7) is 7.14. The van der Waals surface area contributed by atoms with E-state index in [0.29, 0.717) is 12.5 Å². The molecule has 0 unspecified atom stereocenters. The molecule has 0 radical (unpaired) electrons. The number of carbonyl (C=O) groups is 1. The number of hydrogen-bond acceptors (Lipinski definition) is 2. The van der Waals surface area contributed by atoms with Crippen molar-refractivity contribution in [2.45, 2.75) is 40.0 Å². The van der Waals surface area contributed by atoms with E-state index in [1.54, 1.807) is 24.3 Å². The van der Waals surface area contributed by atoms with E-state index in [9.17, 15) is 4.79 Å². The summed E-state index contributed by atoms with van der Waals surface area (Å²) < 4.78 is 5.63. The van der Waals surface area contributed by atoms with E-state index in [2.05, 4.69) is 26.8 Å². The van der Waals surface area contributed by atoms with Crippen LogP contribution in [-0.4, -0.2) is 17.7 Å². The lowest BCUT2D eigenvalue weighted by Crippen LogP contribution is -2.04. The fourth-order valence-corrected chi connectivity index (χ4v) is 1.87. The molecule has 0 aliphatic rings. The summed E-state index contributed by atoms with van der Waals surface area (Å²) >= 11 is 0. The molecular formula is C17H24O3. The van der Waals surface area contributed by atoms with Crippen LogP contribution in [0.2, 0.25) is 0 Å². The first kappa shape index (κ1) is 16.3. The van der Waals surface area contributed by atoms with Crippen LogP contribution >= 0.6 is 0 Å². The van der Waals surface area contributed by atoms with Crippen LogP contribution in [-0.2, 0) is 0 Å². The second kappa shape index (κ2) is 8.41. The summed E-state index contributed by atoms with van der Waals surface area (Å²) in [7, 11) is 0. The van der Waals surface area contributed by atoms with Crippen molar-refractivity contribution in [1.29, 1.82) is 0 Å². The van der Waals surface area contributed by atoms with E-state index < -0.39 is 5.97 Å². The van der Waals surface area contributed by atoms with Crippen molar-refractivity contribution in [3.8, 4) is 5.75 Å². The number of ether oxygens (including phenoxy) is 1. The summed E-state index contributed by atoms with van der Waals surface area (Å²) in [4.78, 5) is 10.7. The molecule has 0 heterocycles. The molecule has 110 valence electrons. The Labute approximate surface area is 121 Å². The van der Waals surface area contributed by atoms with Crippen LogP contribution in [0.25, 0.3) is 0 Å². The molecule has 0 spiro atoms. The first-order valence-corrected chi connectivity index (χ1v) is 7.08. The standard InChI is InChI=1S/C17H24O3/c1-13(2)5-4-6-14(3)11-12-20-16-9-7-15(8-10-16)17(18)19/h5,7-10,14H,4,6,11-12H2,1-3H3,(H,18,19)/t14-/m1/s1. The second-order valence-corrected chi connectivity index (χ2v) is 5.43. The molecule has 0 aliphatic carbocycles. The van der Waals surface area contributed by atoms with E-state index in [0.717, 1.165) is 18.6 Å². The minimum absolute atomic E-state index is 0.285. The molecule has 1 rings (SSSR count). The summed E-state index contributed by atoms with van der Waals surface area (Å²) in [6.07, 6.45) is 5.57. The number of benzene rings is 1. The van der Waals surface area contributed by atoms with Crippen LogP contribution in [0.1, 0.15) is 50.4 Å². The lowest BCUT2D eigenvalue weighted by molar-refractivity contribution is 0.0697. The topological polar surface area (TPSA) is 46.5 Å². The Morgan fingerprint density at radius 1 is 1.25 bits per heavy atom. The van der Waals surface area contributed by atoms with Crippen molar-refractivity contribution in [1.82, 2.24) is 0 Å². The maximum atomic E-state index is 10.7.